The lowest BCUT2D eigenvalue weighted by Gasteiger charge is -2.43. The molecule has 2 amide bonds. The highest BCUT2D eigenvalue weighted by molar-refractivity contribution is 5.96. The lowest BCUT2D eigenvalue weighted by atomic mass is 9.88. The van der Waals surface area contributed by atoms with Crippen molar-refractivity contribution in [2.45, 2.75) is 90.1 Å². The van der Waals surface area contributed by atoms with Crippen LogP contribution in [0.4, 0.5) is 5.69 Å². The molecule has 8 nitrogen and oxygen atoms in total. The van der Waals surface area contributed by atoms with Crippen LogP contribution in [0.5, 0.6) is 0 Å². The molecular weight excluding hydrogens is 432 g/mol. The Morgan fingerprint density at radius 3 is 1.82 bits per heavy atom. The maximum atomic E-state index is 13.8. The number of hydrogen-bond donors (Lipinski definition) is 1. The zero-order valence-corrected chi connectivity index (χ0v) is 20.8. The highest BCUT2D eigenvalue weighted by Crippen LogP contribution is 2.30. The Bertz CT molecular complexity index is 752. The predicted molar refractivity (Wildman–Crippen MR) is 133 cm³/mol. The van der Waals surface area contributed by atoms with E-state index in [-0.39, 0.29) is 41.4 Å². The quantitative estimate of drug-likeness (QED) is 0.394. The SMILES string of the molecule is CCN(CC)CN(CC(=O)N(C1CCCCC1)C1CCCCC1)C(=O)c1ccc(N([O-])O)cc1. The molecule has 3 rings (SSSR count). The van der Waals surface area contributed by atoms with Gasteiger partial charge in [-0.05, 0) is 63.0 Å². The molecule has 0 saturated heterocycles. The molecule has 0 aliphatic heterocycles. The first-order chi connectivity index (χ1) is 16.4. The van der Waals surface area contributed by atoms with Crippen molar-refractivity contribution in [3.8, 4) is 0 Å². The van der Waals surface area contributed by atoms with Gasteiger partial charge in [-0.25, -0.2) is 0 Å². The van der Waals surface area contributed by atoms with Gasteiger partial charge in [0, 0.05) is 17.6 Å². The average molecular weight is 474 g/mol. The van der Waals surface area contributed by atoms with Crippen molar-refractivity contribution in [2.24, 2.45) is 0 Å². The van der Waals surface area contributed by atoms with Gasteiger partial charge >= 0.3 is 0 Å². The van der Waals surface area contributed by atoms with Crippen LogP contribution < -0.4 is 5.23 Å². The molecule has 0 spiro atoms. The van der Waals surface area contributed by atoms with E-state index in [2.05, 4.69) is 9.80 Å². The molecule has 0 aromatic heterocycles. The van der Waals surface area contributed by atoms with E-state index in [4.69, 9.17) is 5.21 Å². The van der Waals surface area contributed by atoms with Crippen LogP contribution >= 0.6 is 0 Å². The summed E-state index contributed by atoms with van der Waals surface area (Å²) in [6.07, 6.45) is 11.4. The van der Waals surface area contributed by atoms with Gasteiger partial charge in [0.1, 0.15) is 6.54 Å². The number of nitrogens with zero attached hydrogens (tertiary/aromatic N) is 4. The molecule has 1 aromatic carbocycles. The number of benzene rings is 1. The monoisotopic (exact) mass is 473 g/mol. The Morgan fingerprint density at radius 2 is 1.38 bits per heavy atom. The van der Waals surface area contributed by atoms with Gasteiger partial charge in [0.2, 0.25) is 5.91 Å². The van der Waals surface area contributed by atoms with E-state index in [0.29, 0.717) is 12.2 Å². The smallest absolute Gasteiger partial charge is 0.255 e. The minimum absolute atomic E-state index is 0.0528. The normalized spacial score (nSPS) is 17.6. The standard InChI is InChI=1S/C26H41N4O4/c1-3-27(4-2)20-28(26(32)21-15-17-24(18-16-21)30(33)34)19-25(31)29(22-11-7-5-8-12-22)23-13-9-6-10-14-23/h15-18,22-23,33H,3-14,19-20H2,1-2H3/q-1. The highest BCUT2D eigenvalue weighted by Gasteiger charge is 2.34. The highest BCUT2D eigenvalue weighted by atomic mass is 16.8. The number of hydrogen-bond acceptors (Lipinski definition) is 6. The Hall–Kier alpha value is -2.16. The second-order valence-electron chi connectivity index (χ2n) is 9.65. The van der Waals surface area contributed by atoms with Crippen molar-refractivity contribution >= 4 is 17.5 Å². The molecule has 190 valence electrons. The Balaban J connectivity index is 1.81. The molecule has 2 fully saturated rings. The van der Waals surface area contributed by atoms with E-state index in [1.165, 1.54) is 37.1 Å². The third kappa shape index (κ3) is 6.93. The number of carbonyl (C=O) groups is 2. The fraction of sp³-hybridized carbons (Fsp3) is 0.692. The lowest BCUT2D eigenvalue weighted by Crippen LogP contribution is -2.54. The zero-order valence-electron chi connectivity index (χ0n) is 20.8. The van der Waals surface area contributed by atoms with Crippen LogP contribution in [0.15, 0.2) is 24.3 Å². The Kier molecular flexibility index (Phi) is 10.2. The molecule has 0 heterocycles. The van der Waals surface area contributed by atoms with E-state index in [1.54, 1.807) is 4.90 Å². The van der Waals surface area contributed by atoms with Crippen LogP contribution in [0.2, 0.25) is 0 Å². The van der Waals surface area contributed by atoms with Gasteiger partial charge in [-0.15, -0.1) is 0 Å². The minimum Gasteiger partial charge on any atom is -0.733 e. The summed E-state index contributed by atoms with van der Waals surface area (Å²) in [4.78, 5) is 33.2. The summed E-state index contributed by atoms with van der Waals surface area (Å²) in [6, 6.07) is 6.43. The van der Waals surface area contributed by atoms with Crippen LogP contribution in [-0.2, 0) is 4.79 Å². The summed E-state index contributed by atoms with van der Waals surface area (Å²) in [7, 11) is 0. The molecule has 2 aliphatic rings. The molecule has 1 aromatic rings. The van der Waals surface area contributed by atoms with Gasteiger partial charge in [-0.1, -0.05) is 52.4 Å². The summed E-state index contributed by atoms with van der Waals surface area (Å²) in [5, 5.41) is 20.0. The zero-order chi connectivity index (χ0) is 24.5. The summed E-state index contributed by atoms with van der Waals surface area (Å²) in [5.74, 6) is -0.188. The third-order valence-corrected chi connectivity index (χ3v) is 7.44. The van der Waals surface area contributed by atoms with Crippen LogP contribution in [0.3, 0.4) is 0 Å². The Labute approximate surface area is 204 Å². The molecule has 0 atom stereocenters. The van der Waals surface area contributed by atoms with Crippen molar-refractivity contribution in [1.29, 1.82) is 0 Å². The molecule has 0 bridgehead atoms. The van der Waals surface area contributed by atoms with Gasteiger partial charge in [-0.2, -0.15) is 0 Å². The molecule has 0 unspecified atom stereocenters. The average Bonchev–Trinajstić information content (AvgIpc) is 2.87. The van der Waals surface area contributed by atoms with Gasteiger partial charge in [-0.3, -0.25) is 19.7 Å². The maximum Gasteiger partial charge on any atom is 0.255 e. The van der Waals surface area contributed by atoms with Gasteiger partial charge in [0.15, 0.2) is 0 Å². The van der Waals surface area contributed by atoms with Crippen LogP contribution in [0.1, 0.15) is 88.4 Å². The van der Waals surface area contributed by atoms with Gasteiger partial charge in [0.05, 0.1) is 12.4 Å². The van der Waals surface area contributed by atoms with Crippen molar-refractivity contribution in [1.82, 2.24) is 14.7 Å². The predicted octanol–water partition coefficient (Wildman–Crippen LogP) is 4.62. The second-order valence-corrected chi connectivity index (χ2v) is 9.65. The fourth-order valence-electron chi connectivity index (χ4n) is 5.43. The molecule has 8 heteroatoms. The van der Waals surface area contributed by atoms with Crippen molar-refractivity contribution in [3.05, 3.63) is 35.0 Å². The number of rotatable bonds is 10. The lowest BCUT2D eigenvalue weighted by molar-refractivity contribution is -0.139. The van der Waals surface area contributed by atoms with Crippen LogP contribution in [0, 0.1) is 5.21 Å². The van der Waals surface area contributed by atoms with E-state index in [0.717, 1.165) is 64.5 Å². The van der Waals surface area contributed by atoms with Crippen LogP contribution in [0.25, 0.3) is 0 Å². The largest absolute Gasteiger partial charge is 0.733 e. The van der Waals surface area contributed by atoms with Gasteiger partial charge in [0.25, 0.3) is 5.91 Å². The fourth-order valence-corrected chi connectivity index (χ4v) is 5.43. The molecule has 0 radical (unpaired) electrons. The van der Waals surface area contributed by atoms with Crippen molar-refractivity contribution in [3.63, 3.8) is 0 Å². The summed E-state index contributed by atoms with van der Waals surface area (Å²) in [5.41, 5.74) is 0.455. The van der Waals surface area contributed by atoms with Crippen LogP contribution in [-0.4, -0.2) is 70.1 Å². The summed E-state index contributed by atoms with van der Waals surface area (Å²) in [6.45, 7) is 6.07. The first-order valence-electron chi connectivity index (χ1n) is 13.0. The van der Waals surface area contributed by atoms with Gasteiger partial charge < -0.3 is 20.2 Å². The first-order valence-corrected chi connectivity index (χ1v) is 13.0. The second kappa shape index (κ2) is 13.1. The summed E-state index contributed by atoms with van der Waals surface area (Å²) < 4.78 is 0. The molecule has 2 aliphatic carbocycles. The Morgan fingerprint density at radius 1 is 0.882 bits per heavy atom. The third-order valence-electron chi connectivity index (χ3n) is 7.44. The van der Waals surface area contributed by atoms with E-state index >= 15 is 0 Å². The number of carbonyl (C=O) groups excluding carboxylic acids is 2. The molecular formula is C26H41N4O4-. The van der Waals surface area contributed by atoms with Crippen molar-refractivity contribution < 1.29 is 14.8 Å². The van der Waals surface area contributed by atoms with E-state index < -0.39 is 0 Å². The van der Waals surface area contributed by atoms with E-state index in [9.17, 15) is 14.8 Å². The number of anilines is 1. The summed E-state index contributed by atoms with van der Waals surface area (Å²) >= 11 is 0. The first kappa shape index (κ1) is 26.4. The molecule has 1 N–H and O–H groups in total. The minimum atomic E-state index is -0.241. The van der Waals surface area contributed by atoms with E-state index in [1.807, 2.05) is 13.8 Å². The molecule has 2 saturated carbocycles. The molecule has 34 heavy (non-hydrogen) atoms. The van der Waals surface area contributed by atoms with Crippen molar-refractivity contribution in [2.75, 3.05) is 31.5 Å². The number of amides is 2. The topological polar surface area (TPSA) is 90.4 Å². The maximum absolute atomic E-state index is 13.8.